The first-order chi connectivity index (χ1) is 14.8. The third kappa shape index (κ3) is 5.55. The van der Waals surface area contributed by atoms with Crippen LogP contribution >= 0.6 is 0 Å². The van der Waals surface area contributed by atoms with Gasteiger partial charge in [0.1, 0.15) is 5.82 Å². The van der Waals surface area contributed by atoms with Crippen molar-refractivity contribution < 1.29 is 23.2 Å². The van der Waals surface area contributed by atoms with Gasteiger partial charge in [0.2, 0.25) is 5.91 Å². The van der Waals surface area contributed by atoms with Crippen molar-refractivity contribution in [3.8, 4) is 0 Å². The van der Waals surface area contributed by atoms with E-state index in [9.17, 15) is 18.5 Å². The SMILES string of the molecule is COC[C@H](O)CNC(=O)CC1=C(C)/C(=C\c2ccc([S@@](C)=O)cc2)c2ccc(F)cc21. The molecule has 31 heavy (non-hydrogen) atoms. The maximum absolute atomic E-state index is 14.0. The number of benzene rings is 2. The minimum atomic E-state index is -1.05. The number of halogens is 1. The summed E-state index contributed by atoms with van der Waals surface area (Å²) in [4.78, 5) is 13.2. The number of nitrogens with one attached hydrogen (secondary N) is 1. The zero-order valence-corrected chi connectivity index (χ0v) is 18.6. The van der Waals surface area contributed by atoms with Gasteiger partial charge >= 0.3 is 0 Å². The number of amides is 1. The molecule has 0 aromatic heterocycles. The van der Waals surface area contributed by atoms with Crippen LogP contribution in [0.2, 0.25) is 0 Å². The highest BCUT2D eigenvalue weighted by Crippen LogP contribution is 2.43. The monoisotopic (exact) mass is 443 g/mol. The van der Waals surface area contributed by atoms with E-state index >= 15 is 0 Å². The summed E-state index contributed by atoms with van der Waals surface area (Å²) in [6, 6.07) is 12.0. The van der Waals surface area contributed by atoms with Gasteiger partial charge in [-0.25, -0.2) is 4.39 Å². The number of hydrogen-bond acceptors (Lipinski definition) is 4. The largest absolute Gasteiger partial charge is 0.389 e. The van der Waals surface area contributed by atoms with Crippen molar-refractivity contribution in [3.63, 3.8) is 0 Å². The maximum Gasteiger partial charge on any atom is 0.224 e. The fraction of sp³-hybridized carbons (Fsp3) is 0.292. The molecular formula is C24H26FNO4S. The minimum Gasteiger partial charge on any atom is -0.389 e. The van der Waals surface area contributed by atoms with Gasteiger partial charge in [0, 0.05) is 35.6 Å². The van der Waals surface area contributed by atoms with E-state index in [4.69, 9.17) is 4.74 Å². The van der Waals surface area contributed by atoms with Crippen LogP contribution in [0.25, 0.3) is 17.2 Å². The molecule has 0 fully saturated rings. The number of carbonyl (C=O) groups excluding carboxylic acids is 1. The molecule has 1 aliphatic rings. The van der Waals surface area contributed by atoms with E-state index in [1.54, 1.807) is 12.3 Å². The second kappa shape index (κ2) is 10.1. The molecule has 0 spiro atoms. The number of methoxy groups -OCH3 is 1. The second-order valence-electron chi connectivity index (χ2n) is 7.46. The zero-order valence-electron chi connectivity index (χ0n) is 17.8. The standard InChI is InChI=1S/C24H26FNO4S/c1-15-21(10-16-4-7-19(8-5-16)31(3)29)20-9-6-17(25)11-23(20)22(15)12-24(28)26-13-18(27)14-30-2/h4-11,18,27H,12-14H2,1-3H3,(H,26,28)/b21-10+/t18-,31-/m1/s1. The molecule has 0 bridgehead atoms. The fourth-order valence-electron chi connectivity index (χ4n) is 3.61. The van der Waals surface area contributed by atoms with E-state index in [1.165, 1.54) is 19.2 Å². The lowest BCUT2D eigenvalue weighted by Crippen LogP contribution is -2.34. The lowest BCUT2D eigenvalue weighted by atomic mass is 10.0. The van der Waals surface area contributed by atoms with Gasteiger partial charge in [0.05, 0.1) is 19.1 Å². The Labute approximate surface area is 184 Å². The third-order valence-corrected chi connectivity index (χ3v) is 6.14. The summed E-state index contributed by atoms with van der Waals surface area (Å²) in [6.07, 6.45) is 2.91. The van der Waals surface area contributed by atoms with Crippen LogP contribution < -0.4 is 5.32 Å². The van der Waals surface area contributed by atoms with Crippen LogP contribution in [-0.4, -0.2) is 47.8 Å². The van der Waals surface area contributed by atoms with E-state index in [-0.39, 0.29) is 31.3 Å². The zero-order chi connectivity index (χ0) is 22.5. The number of aliphatic hydroxyl groups is 1. The van der Waals surface area contributed by atoms with E-state index < -0.39 is 16.9 Å². The molecule has 2 N–H and O–H groups in total. The topological polar surface area (TPSA) is 75.6 Å². The lowest BCUT2D eigenvalue weighted by Gasteiger charge is -2.12. The van der Waals surface area contributed by atoms with Crippen molar-refractivity contribution in [1.82, 2.24) is 5.32 Å². The summed E-state index contributed by atoms with van der Waals surface area (Å²) in [5.74, 6) is -0.619. The van der Waals surface area contributed by atoms with Crippen LogP contribution in [-0.2, 0) is 20.3 Å². The highest BCUT2D eigenvalue weighted by Gasteiger charge is 2.26. The fourth-order valence-corrected chi connectivity index (χ4v) is 4.13. The Morgan fingerprint density at radius 3 is 2.58 bits per heavy atom. The van der Waals surface area contributed by atoms with Gasteiger partial charge in [-0.3, -0.25) is 9.00 Å². The number of carbonyl (C=O) groups is 1. The number of allylic oxidation sites excluding steroid dienone is 2. The van der Waals surface area contributed by atoms with Crippen LogP contribution in [0.15, 0.2) is 52.9 Å². The third-order valence-electron chi connectivity index (χ3n) is 5.21. The van der Waals surface area contributed by atoms with Crippen LogP contribution in [0.1, 0.15) is 30.0 Å². The van der Waals surface area contributed by atoms with Crippen molar-refractivity contribution in [1.29, 1.82) is 0 Å². The number of ether oxygens (including phenoxy) is 1. The van der Waals surface area contributed by atoms with Crippen LogP contribution in [0.4, 0.5) is 4.39 Å². The molecule has 1 amide bonds. The number of rotatable bonds is 8. The molecular weight excluding hydrogens is 417 g/mol. The predicted octanol–water partition coefficient (Wildman–Crippen LogP) is 3.40. The predicted molar refractivity (Wildman–Crippen MR) is 121 cm³/mol. The quantitative estimate of drug-likeness (QED) is 0.656. The molecule has 0 radical (unpaired) electrons. The molecule has 0 saturated carbocycles. The molecule has 0 unspecified atom stereocenters. The smallest absolute Gasteiger partial charge is 0.224 e. The van der Waals surface area contributed by atoms with Crippen molar-refractivity contribution in [2.24, 2.45) is 0 Å². The van der Waals surface area contributed by atoms with Gasteiger partial charge in [0.25, 0.3) is 0 Å². The summed E-state index contributed by atoms with van der Waals surface area (Å²) in [7, 11) is 0.430. The van der Waals surface area contributed by atoms with Gasteiger partial charge in [0.15, 0.2) is 0 Å². The highest BCUT2D eigenvalue weighted by atomic mass is 32.2. The molecule has 164 valence electrons. The Hall–Kier alpha value is -2.61. The average Bonchev–Trinajstić information content (AvgIpc) is 2.98. The van der Waals surface area contributed by atoms with Crippen molar-refractivity contribution in [2.45, 2.75) is 24.3 Å². The van der Waals surface area contributed by atoms with Gasteiger partial charge in [-0.15, -0.1) is 0 Å². The Kier molecular flexibility index (Phi) is 7.54. The molecule has 5 nitrogen and oxygen atoms in total. The second-order valence-corrected chi connectivity index (χ2v) is 8.84. The van der Waals surface area contributed by atoms with Gasteiger partial charge in [-0.2, -0.15) is 0 Å². The van der Waals surface area contributed by atoms with E-state index in [2.05, 4.69) is 5.32 Å². The first-order valence-electron chi connectivity index (χ1n) is 9.89. The van der Waals surface area contributed by atoms with Crippen LogP contribution in [0.5, 0.6) is 0 Å². The van der Waals surface area contributed by atoms with Gasteiger partial charge in [-0.1, -0.05) is 18.2 Å². The molecule has 2 aromatic carbocycles. The molecule has 2 aromatic rings. The summed E-state index contributed by atoms with van der Waals surface area (Å²) < 4.78 is 30.5. The maximum atomic E-state index is 14.0. The summed E-state index contributed by atoms with van der Waals surface area (Å²) in [5.41, 5.74) is 5.06. The Morgan fingerprint density at radius 2 is 1.94 bits per heavy atom. The van der Waals surface area contributed by atoms with Crippen LogP contribution in [0, 0.1) is 5.82 Å². The van der Waals surface area contributed by atoms with Crippen LogP contribution in [0.3, 0.4) is 0 Å². The molecule has 0 saturated heterocycles. The molecule has 1 aliphatic carbocycles. The van der Waals surface area contributed by atoms with E-state index in [0.29, 0.717) is 5.56 Å². The summed E-state index contributed by atoms with van der Waals surface area (Å²) in [5, 5.41) is 12.4. The Morgan fingerprint density at radius 1 is 1.23 bits per heavy atom. The molecule has 2 atom stereocenters. The van der Waals surface area contributed by atoms with Crippen molar-refractivity contribution in [3.05, 3.63) is 70.5 Å². The highest BCUT2D eigenvalue weighted by molar-refractivity contribution is 7.84. The Balaban J connectivity index is 1.90. The number of fused-ring (bicyclic) bond motifs is 1. The number of aliphatic hydroxyl groups excluding tert-OH is 1. The normalized spacial score (nSPS) is 16.4. The van der Waals surface area contributed by atoms with Crippen molar-refractivity contribution in [2.75, 3.05) is 26.5 Å². The molecule has 0 heterocycles. The minimum absolute atomic E-state index is 0.0765. The first-order valence-corrected chi connectivity index (χ1v) is 11.4. The summed E-state index contributed by atoms with van der Waals surface area (Å²) in [6.45, 7) is 2.14. The van der Waals surface area contributed by atoms with E-state index in [1.807, 2.05) is 37.3 Å². The molecule has 3 rings (SSSR count). The average molecular weight is 444 g/mol. The summed E-state index contributed by atoms with van der Waals surface area (Å²) >= 11 is 0. The number of hydrogen-bond donors (Lipinski definition) is 2. The van der Waals surface area contributed by atoms with Gasteiger partial charge < -0.3 is 15.2 Å². The van der Waals surface area contributed by atoms with Gasteiger partial charge in [-0.05, 0) is 70.7 Å². The Bertz CT molecular complexity index is 1060. The first kappa shape index (κ1) is 23.1. The molecule has 7 heteroatoms. The lowest BCUT2D eigenvalue weighted by molar-refractivity contribution is -0.120. The molecule has 0 aliphatic heterocycles. The van der Waals surface area contributed by atoms with E-state index in [0.717, 1.165) is 32.7 Å². The van der Waals surface area contributed by atoms with Crippen molar-refractivity contribution >= 4 is 33.9 Å².